The lowest BCUT2D eigenvalue weighted by Gasteiger charge is -2.34. The molecule has 0 bridgehead atoms. The number of hydrogen-bond donors (Lipinski definition) is 0. The summed E-state index contributed by atoms with van der Waals surface area (Å²) in [6.45, 7) is 0. The second-order valence-corrected chi connectivity index (χ2v) is 19.2. The molecule has 0 aliphatic heterocycles. The Morgan fingerprint density at radius 3 is 1.47 bits per heavy atom. The van der Waals surface area contributed by atoms with E-state index < -0.39 is 5.41 Å². The number of benzene rings is 12. The molecule has 0 N–H and O–H groups in total. The van der Waals surface area contributed by atoms with E-state index in [-0.39, 0.29) is 0 Å². The number of para-hydroxylation sites is 2. The normalized spacial score (nSPS) is 12.5. The number of hydrogen-bond acceptors (Lipinski definition) is 2. The van der Waals surface area contributed by atoms with E-state index in [0.29, 0.717) is 0 Å². The Hall–Kier alpha value is -9.50. The third-order valence-corrected chi connectivity index (χ3v) is 15.2. The highest BCUT2D eigenvalue weighted by Gasteiger charge is 2.46. The SMILES string of the molecule is c1ccc(C2(c3ccccc3)c3ccccc3-c3ccc(-c4ccc(N(c5ccc(-c6cccc(-c7cccc8ccccc78)c6)cc5)c5ccc(-c6cccc7c6oc6ccccc67)cc5)cc4)cc32)cc1. The summed E-state index contributed by atoms with van der Waals surface area (Å²) >= 11 is 0. The Bertz CT molecular complexity index is 4130. The molecule has 2 heteroatoms. The van der Waals surface area contributed by atoms with Gasteiger partial charge in [-0.3, -0.25) is 0 Å². The first-order valence-electron chi connectivity index (χ1n) is 25.1. The Labute approximate surface area is 425 Å². The standard InChI is InChI=1S/C71H47NO/c1-3-20-55(21-4-1)71(56-22-5-2-6-23-56)67-30-11-9-25-63(67)64-45-38-53(47-68(64)71)49-34-41-58(42-35-49)72(59-43-36-51(37-44-59)62-28-15-29-66-65-26-10-12-31-69(65)73-70(62)66)57-39-32-48(33-40-57)52-18-13-19-54(46-52)61-27-14-17-50-16-7-8-24-60(50)61/h1-47H. The van der Waals surface area contributed by atoms with Gasteiger partial charge in [0, 0.05) is 33.4 Å². The fraction of sp³-hybridized carbons (Fsp3) is 0.0141. The molecule has 14 rings (SSSR count). The fourth-order valence-corrected chi connectivity index (χ4v) is 11.8. The highest BCUT2D eigenvalue weighted by atomic mass is 16.3. The summed E-state index contributed by atoms with van der Waals surface area (Å²) in [6, 6.07) is 104. The van der Waals surface area contributed by atoms with Crippen LogP contribution in [0.15, 0.2) is 290 Å². The summed E-state index contributed by atoms with van der Waals surface area (Å²) in [5.74, 6) is 0. The Morgan fingerprint density at radius 2 is 0.753 bits per heavy atom. The van der Waals surface area contributed by atoms with Crippen molar-refractivity contribution in [2.75, 3.05) is 4.90 Å². The summed E-state index contributed by atoms with van der Waals surface area (Å²) in [5.41, 5.74) is 21.5. The van der Waals surface area contributed by atoms with Gasteiger partial charge in [-0.1, -0.05) is 231 Å². The monoisotopic (exact) mass is 929 g/mol. The van der Waals surface area contributed by atoms with Gasteiger partial charge in [0.2, 0.25) is 0 Å². The van der Waals surface area contributed by atoms with Crippen LogP contribution in [0, 0.1) is 0 Å². The van der Waals surface area contributed by atoms with E-state index in [2.05, 4.69) is 278 Å². The maximum atomic E-state index is 6.49. The van der Waals surface area contributed by atoms with Gasteiger partial charge in [0.15, 0.2) is 0 Å². The van der Waals surface area contributed by atoms with Crippen molar-refractivity contribution in [3.63, 3.8) is 0 Å². The molecule has 13 aromatic rings. The van der Waals surface area contributed by atoms with Crippen LogP contribution in [-0.4, -0.2) is 0 Å². The molecule has 12 aromatic carbocycles. The summed E-state index contributed by atoms with van der Waals surface area (Å²) in [5, 5.41) is 4.76. The minimum atomic E-state index is -0.466. The molecule has 1 heterocycles. The Balaban J connectivity index is 0.858. The third kappa shape index (κ3) is 7.02. The van der Waals surface area contributed by atoms with Crippen molar-refractivity contribution in [3.05, 3.63) is 307 Å². The molecule has 1 aliphatic rings. The molecule has 0 saturated carbocycles. The minimum absolute atomic E-state index is 0.466. The zero-order valence-corrected chi connectivity index (χ0v) is 40.0. The number of rotatable bonds is 9. The number of furan rings is 1. The third-order valence-electron chi connectivity index (χ3n) is 15.2. The van der Waals surface area contributed by atoms with E-state index in [1.54, 1.807) is 0 Å². The summed E-state index contributed by atoms with van der Waals surface area (Å²) < 4.78 is 6.49. The zero-order valence-electron chi connectivity index (χ0n) is 40.0. The van der Waals surface area contributed by atoms with Gasteiger partial charge in [0.05, 0.1) is 5.41 Å². The lowest BCUT2D eigenvalue weighted by molar-refractivity contribution is 0.670. The summed E-state index contributed by atoms with van der Waals surface area (Å²) in [4.78, 5) is 2.36. The van der Waals surface area contributed by atoms with Crippen molar-refractivity contribution in [3.8, 4) is 55.6 Å². The van der Waals surface area contributed by atoms with Crippen LogP contribution in [0.1, 0.15) is 22.3 Å². The van der Waals surface area contributed by atoms with E-state index >= 15 is 0 Å². The van der Waals surface area contributed by atoms with Crippen molar-refractivity contribution in [2.24, 2.45) is 0 Å². The molecular formula is C71H47NO. The predicted molar refractivity (Wildman–Crippen MR) is 305 cm³/mol. The molecule has 1 aliphatic carbocycles. The number of nitrogens with zero attached hydrogens (tertiary/aromatic N) is 1. The molecule has 0 atom stereocenters. The zero-order chi connectivity index (χ0) is 48.3. The van der Waals surface area contributed by atoms with E-state index in [4.69, 9.17) is 4.42 Å². The van der Waals surface area contributed by atoms with Gasteiger partial charge in [-0.25, -0.2) is 0 Å². The molecule has 0 unspecified atom stereocenters. The molecule has 0 amide bonds. The molecule has 73 heavy (non-hydrogen) atoms. The molecule has 0 saturated heterocycles. The Kier molecular flexibility index (Phi) is 10.1. The van der Waals surface area contributed by atoms with Gasteiger partial charge in [-0.15, -0.1) is 0 Å². The highest BCUT2D eigenvalue weighted by molar-refractivity contribution is 6.09. The first-order valence-corrected chi connectivity index (χ1v) is 25.1. The number of anilines is 3. The molecule has 342 valence electrons. The number of fused-ring (bicyclic) bond motifs is 7. The van der Waals surface area contributed by atoms with Crippen LogP contribution >= 0.6 is 0 Å². The van der Waals surface area contributed by atoms with Crippen LogP contribution in [-0.2, 0) is 5.41 Å². The quantitative estimate of drug-likeness (QED) is 0.143. The van der Waals surface area contributed by atoms with Crippen molar-refractivity contribution in [1.82, 2.24) is 0 Å². The van der Waals surface area contributed by atoms with Gasteiger partial charge in [-0.2, -0.15) is 0 Å². The summed E-state index contributed by atoms with van der Waals surface area (Å²) in [7, 11) is 0. The first-order chi connectivity index (χ1) is 36.2. The lowest BCUT2D eigenvalue weighted by Crippen LogP contribution is -2.28. The van der Waals surface area contributed by atoms with Crippen molar-refractivity contribution >= 4 is 49.8 Å². The minimum Gasteiger partial charge on any atom is -0.455 e. The fourth-order valence-electron chi connectivity index (χ4n) is 11.8. The predicted octanol–water partition coefficient (Wildman–Crippen LogP) is 19.2. The van der Waals surface area contributed by atoms with E-state index in [0.717, 1.165) is 61.3 Å². The molecule has 0 fully saturated rings. The van der Waals surface area contributed by atoms with Crippen LogP contribution in [0.2, 0.25) is 0 Å². The average Bonchev–Trinajstić information content (AvgIpc) is 4.04. The van der Waals surface area contributed by atoms with Crippen LogP contribution in [0.25, 0.3) is 88.3 Å². The maximum Gasteiger partial charge on any atom is 0.143 e. The van der Waals surface area contributed by atoms with Crippen LogP contribution in [0.3, 0.4) is 0 Å². The molecule has 2 nitrogen and oxygen atoms in total. The maximum absolute atomic E-state index is 6.49. The van der Waals surface area contributed by atoms with Gasteiger partial charge >= 0.3 is 0 Å². The van der Waals surface area contributed by atoms with Crippen molar-refractivity contribution < 1.29 is 4.42 Å². The van der Waals surface area contributed by atoms with Crippen LogP contribution in [0.5, 0.6) is 0 Å². The average molecular weight is 930 g/mol. The van der Waals surface area contributed by atoms with E-state index in [9.17, 15) is 0 Å². The second-order valence-electron chi connectivity index (χ2n) is 19.2. The largest absolute Gasteiger partial charge is 0.455 e. The molecule has 0 radical (unpaired) electrons. The van der Waals surface area contributed by atoms with Crippen LogP contribution < -0.4 is 4.90 Å². The lowest BCUT2D eigenvalue weighted by atomic mass is 9.67. The second kappa shape index (κ2) is 17.4. The summed E-state index contributed by atoms with van der Waals surface area (Å²) in [6.07, 6.45) is 0. The molecule has 0 spiro atoms. The topological polar surface area (TPSA) is 16.4 Å². The van der Waals surface area contributed by atoms with Gasteiger partial charge in [0.25, 0.3) is 0 Å². The Morgan fingerprint density at radius 1 is 0.274 bits per heavy atom. The highest BCUT2D eigenvalue weighted by Crippen LogP contribution is 2.57. The van der Waals surface area contributed by atoms with Crippen molar-refractivity contribution in [2.45, 2.75) is 5.41 Å². The van der Waals surface area contributed by atoms with Crippen LogP contribution in [0.4, 0.5) is 17.1 Å². The van der Waals surface area contributed by atoms with Gasteiger partial charge < -0.3 is 9.32 Å². The van der Waals surface area contributed by atoms with E-state index in [1.165, 1.54) is 66.4 Å². The molecule has 1 aromatic heterocycles. The van der Waals surface area contributed by atoms with Gasteiger partial charge in [-0.05, 0) is 138 Å². The smallest absolute Gasteiger partial charge is 0.143 e. The first kappa shape index (κ1) is 42.4. The molecular weight excluding hydrogens is 883 g/mol. The van der Waals surface area contributed by atoms with Gasteiger partial charge in [0.1, 0.15) is 11.2 Å². The van der Waals surface area contributed by atoms with E-state index in [1.807, 2.05) is 12.1 Å². The van der Waals surface area contributed by atoms with Crippen molar-refractivity contribution in [1.29, 1.82) is 0 Å².